The molecule has 0 bridgehead atoms. The maximum Gasteiger partial charge on any atom is 0.259 e. The van der Waals surface area contributed by atoms with Gasteiger partial charge in [-0.1, -0.05) is 39.0 Å². The van der Waals surface area contributed by atoms with Gasteiger partial charge in [-0.3, -0.25) is 4.79 Å². The Morgan fingerprint density at radius 3 is 2.39 bits per heavy atom. The van der Waals surface area contributed by atoms with Gasteiger partial charge >= 0.3 is 0 Å². The van der Waals surface area contributed by atoms with Gasteiger partial charge in [0.25, 0.3) is 5.91 Å². The molecule has 1 aliphatic rings. The van der Waals surface area contributed by atoms with Gasteiger partial charge in [-0.15, -0.1) is 11.3 Å². The number of anilines is 1. The molecule has 0 saturated carbocycles. The molecule has 3 aromatic rings. The predicted molar refractivity (Wildman–Crippen MR) is 147 cm³/mol. The fourth-order valence-electron chi connectivity index (χ4n) is 4.71. The molecule has 1 aliphatic carbocycles. The van der Waals surface area contributed by atoms with Crippen LogP contribution in [0, 0.1) is 11.3 Å². The Morgan fingerprint density at radius 2 is 1.75 bits per heavy atom. The molecule has 7 heteroatoms. The van der Waals surface area contributed by atoms with Crippen molar-refractivity contribution in [3.63, 3.8) is 0 Å². The molecule has 4 rings (SSSR count). The molecule has 6 nitrogen and oxygen atoms in total. The number of nitrogens with zero attached hydrogens (tertiary/aromatic N) is 1. The molecule has 2 aromatic carbocycles. The van der Waals surface area contributed by atoms with E-state index in [0.29, 0.717) is 33.7 Å². The van der Waals surface area contributed by atoms with E-state index >= 15 is 0 Å². The molecule has 0 unspecified atom stereocenters. The topological polar surface area (TPSA) is 69.2 Å². The Kier molecular flexibility index (Phi) is 7.69. The minimum atomic E-state index is -0.126. The summed E-state index contributed by atoms with van der Waals surface area (Å²) in [6.07, 6.45) is 4.63. The van der Waals surface area contributed by atoms with Gasteiger partial charge in [0.05, 0.1) is 26.9 Å². The minimum absolute atomic E-state index is 0.126. The van der Waals surface area contributed by atoms with Crippen LogP contribution in [0.2, 0.25) is 0 Å². The molecular formula is C29H34N2O4S. The van der Waals surface area contributed by atoms with Gasteiger partial charge in [-0.2, -0.15) is 0 Å². The van der Waals surface area contributed by atoms with E-state index < -0.39 is 0 Å². The number of carbonyl (C=O) groups is 1. The number of fused-ring (bicyclic) bond motifs is 1. The molecule has 0 saturated heterocycles. The number of rotatable bonds is 7. The molecule has 0 fully saturated rings. The molecule has 1 N–H and O–H groups in total. The SMILES string of the molecule is COc1ccc(C=Nc2sc3c(c2C(=O)Nc2ccccc2)CC[C@@H](C(C)(C)C)C3)c(OC)c1OC. The van der Waals surface area contributed by atoms with Crippen LogP contribution in [0.3, 0.4) is 0 Å². The minimum Gasteiger partial charge on any atom is -0.493 e. The van der Waals surface area contributed by atoms with Crippen molar-refractivity contribution in [1.29, 1.82) is 0 Å². The summed E-state index contributed by atoms with van der Waals surface area (Å²) in [5, 5.41) is 3.77. The van der Waals surface area contributed by atoms with Crippen LogP contribution in [0.4, 0.5) is 10.7 Å². The summed E-state index contributed by atoms with van der Waals surface area (Å²) in [4.78, 5) is 19.6. The first-order valence-corrected chi connectivity index (χ1v) is 12.9. The number of carbonyl (C=O) groups excluding carboxylic acids is 1. The molecule has 0 aliphatic heterocycles. The van der Waals surface area contributed by atoms with Crippen molar-refractivity contribution in [3.8, 4) is 17.2 Å². The van der Waals surface area contributed by atoms with Crippen LogP contribution in [-0.2, 0) is 12.8 Å². The molecule has 1 heterocycles. The van der Waals surface area contributed by atoms with Gasteiger partial charge in [-0.05, 0) is 60.4 Å². The highest BCUT2D eigenvalue weighted by molar-refractivity contribution is 7.16. The van der Waals surface area contributed by atoms with Crippen LogP contribution in [-0.4, -0.2) is 33.5 Å². The Labute approximate surface area is 217 Å². The van der Waals surface area contributed by atoms with Gasteiger partial charge in [0.15, 0.2) is 11.5 Å². The zero-order valence-corrected chi connectivity index (χ0v) is 22.6. The highest BCUT2D eigenvalue weighted by atomic mass is 32.1. The van der Waals surface area contributed by atoms with Crippen molar-refractivity contribution in [2.24, 2.45) is 16.3 Å². The lowest BCUT2D eigenvalue weighted by Crippen LogP contribution is -2.27. The maximum absolute atomic E-state index is 13.5. The van der Waals surface area contributed by atoms with Gasteiger partial charge in [0.1, 0.15) is 5.00 Å². The first-order valence-electron chi connectivity index (χ1n) is 12.1. The number of benzene rings is 2. The van der Waals surface area contributed by atoms with Gasteiger partial charge in [-0.25, -0.2) is 4.99 Å². The molecule has 0 radical (unpaired) electrons. The Bertz CT molecular complexity index is 1260. The zero-order valence-electron chi connectivity index (χ0n) is 21.8. The number of aliphatic imine (C=N–C) groups is 1. The summed E-state index contributed by atoms with van der Waals surface area (Å²) in [7, 11) is 4.75. The second-order valence-electron chi connectivity index (χ2n) is 9.99. The summed E-state index contributed by atoms with van der Waals surface area (Å²) < 4.78 is 16.5. The zero-order chi connectivity index (χ0) is 25.9. The maximum atomic E-state index is 13.5. The van der Waals surface area contributed by atoms with Crippen molar-refractivity contribution in [1.82, 2.24) is 0 Å². The largest absolute Gasteiger partial charge is 0.493 e. The van der Waals surface area contributed by atoms with Crippen molar-refractivity contribution < 1.29 is 19.0 Å². The highest BCUT2D eigenvalue weighted by Crippen LogP contribution is 2.46. The van der Waals surface area contributed by atoms with E-state index in [0.717, 1.165) is 36.1 Å². The van der Waals surface area contributed by atoms with Gasteiger partial charge in [0.2, 0.25) is 5.75 Å². The molecule has 1 aromatic heterocycles. The van der Waals surface area contributed by atoms with E-state index in [4.69, 9.17) is 19.2 Å². The van der Waals surface area contributed by atoms with E-state index in [9.17, 15) is 4.79 Å². The predicted octanol–water partition coefficient (Wildman–Crippen LogP) is 6.93. The average molecular weight is 507 g/mol. The van der Waals surface area contributed by atoms with Crippen molar-refractivity contribution in [2.45, 2.75) is 40.0 Å². The average Bonchev–Trinajstić information content (AvgIpc) is 3.24. The second kappa shape index (κ2) is 10.7. The third kappa shape index (κ3) is 5.26. The molecule has 1 atom stereocenters. The Hall–Kier alpha value is -3.32. The number of ether oxygens (including phenoxy) is 3. The molecule has 36 heavy (non-hydrogen) atoms. The number of amides is 1. The number of nitrogens with one attached hydrogen (secondary N) is 1. The molecule has 1 amide bonds. The highest BCUT2D eigenvalue weighted by Gasteiger charge is 2.33. The fourth-order valence-corrected chi connectivity index (χ4v) is 5.97. The quantitative estimate of drug-likeness (QED) is 0.353. The fraction of sp³-hybridized carbons (Fsp3) is 0.379. The second-order valence-corrected chi connectivity index (χ2v) is 11.1. The smallest absolute Gasteiger partial charge is 0.259 e. The van der Waals surface area contributed by atoms with Crippen molar-refractivity contribution >= 4 is 34.1 Å². The first-order chi connectivity index (χ1) is 17.3. The number of methoxy groups -OCH3 is 3. The normalized spacial score (nSPS) is 15.4. The van der Waals surface area contributed by atoms with Crippen LogP contribution in [0.25, 0.3) is 0 Å². The van der Waals surface area contributed by atoms with Crippen LogP contribution in [0.1, 0.15) is 53.6 Å². The van der Waals surface area contributed by atoms with Crippen molar-refractivity contribution in [2.75, 3.05) is 26.6 Å². The van der Waals surface area contributed by atoms with Crippen LogP contribution < -0.4 is 19.5 Å². The monoisotopic (exact) mass is 506 g/mol. The van der Waals surface area contributed by atoms with E-state index in [1.807, 2.05) is 42.5 Å². The lowest BCUT2D eigenvalue weighted by Gasteiger charge is -2.33. The summed E-state index contributed by atoms with van der Waals surface area (Å²) >= 11 is 1.62. The van der Waals surface area contributed by atoms with E-state index in [1.165, 1.54) is 4.88 Å². The van der Waals surface area contributed by atoms with Crippen LogP contribution >= 0.6 is 11.3 Å². The third-order valence-corrected chi connectivity index (χ3v) is 7.95. The number of hydrogen-bond acceptors (Lipinski definition) is 6. The van der Waals surface area contributed by atoms with Crippen molar-refractivity contribution in [3.05, 3.63) is 64.0 Å². The molecular weight excluding hydrogens is 472 g/mol. The van der Waals surface area contributed by atoms with E-state index in [1.54, 1.807) is 38.9 Å². The first kappa shape index (κ1) is 25.8. The number of thiophene rings is 1. The number of para-hydroxylation sites is 1. The standard InChI is InChI=1S/C29H34N2O4S/c1-29(2,3)19-13-14-21-23(16-19)36-28(24(21)27(32)31-20-10-8-7-9-11-20)30-17-18-12-15-22(33-4)26(35-6)25(18)34-5/h7-12,15,17,19H,13-14,16H2,1-6H3,(H,31,32)/t19-/m1/s1. The summed E-state index contributed by atoms with van der Waals surface area (Å²) in [6, 6.07) is 13.2. The van der Waals surface area contributed by atoms with E-state index in [2.05, 4.69) is 26.1 Å². The van der Waals surface area contributed by atoms with Gasteiger partial charge < -0.3 is 19.5 Å². The van der Waals surface area contributed by atoms with Gasteiger partial charge in [0, 0.05) is 22.3 Å². The van der Waals surface area contributed by atoms with Crippen LogP contribution in [0.5, 0.6) is 17.2 Å². The lowest BCUT2D eigenvalue weighted by molar-refractivity contribution is 0.102. The lowest BCUT2D eigenvalue weighted by atomic mass is 9.72. The molecule has 0 spiro atoms. The number of hydrogen-bond donors (Lipinski definition) is 1. The Morgan fingerprint density at radius 1 is 1.03 bits per heavy atom. The Balaban J connectivity index is 1.75. The van der Waals surface area contributed by atoms with Crippen LogP contribution in [0.15, 0.2) is 47.5 Å². The molecule has 190 valence electrons. The third-order valence-electron chi connectivity index (χ3n) is 6.79. The summed E-state index contributed by atoms with van der Waals surface area (Å²) in [5.74, 6) is 2.06. The summed E-state index contributed by atoms with van der Waals surface area (Å²) in [5.41, 5.74) is 3.51. The summed E-state index contributed by atoms with van der Waals surface area (Å²) in [6.45, 7) is 6.88. The van der Waals surface area contributed by atoms with E-state index in [-0.39, 0.29) is 11.3 Å².